The van der Waals surface area contributed by atoms with Gasteiger partial charge in [-0.3, -0.25) is 0 Å². The Morgan fingerprint density at radius 2 is 1.60 bits per heavy atom. The summed E-state index contributed by atoms with van der Waals surface area (Å²) in [6.45, 7) is 2.02. The number of rotatable bonds is 4. The van der Waals surface area contributed by atoms with E-state index in [1.54, 1.807) is 0 Å². The first-order valence-electron chi connectivity index (χ1n) is 7.62. The molecule has 0 spiro atoms. The molecule has 1 heterocycles. The van der Waals surface area contributed by atoms with Crippen molar-refractivity contribution in [1.82, 2.24) is 10.2 Å². The highest BCUT2D eigenvalue weighted by Crippen LogP contribution is 2.30. The number of hydrogen-bond acceptors (Lipinski definition) is 3. The van der Waals surface area contributed by atoms with Gasteiger partial charge in [0.05, 0.1) is 11.3 Å². The summed E-state index contributed by atoms with van der Waals surface area (Å²) >= 11 is 1.44. The van der Waals surface area contributed by atoms with Gasteiger partial charge in [0, 0.05) is 11.3 Å². The van der Waals surface area contributed by atoms with E-state index in [4.69, 9.17) is 0 Å². The quantitative estimate of drug-likeness (QED) is 0.553. The number of halogens is 3. The highest BCUT2D eigenvalue weighted by Gasteiger charge is 2.29. The van der Waals surface area contributed by atoms with Gasteiger partial charge in [0.2, 0.25) is 0 Å². The lowest BCUT2D eigenvalue weighted by molar-refractivity contribution is -0.137. The number of aromatic nitrogens is 2. The lowest BCUT2D eigenvalue weighted by atomic mass is 10.1. The standard InChI is InChI=1S/C19H15F3N2S/c1-13-4-2-3-5-16(13)17-10-11-18(24-23-17)25-12-14-6-8-15(9-7-14)19(20,21)22/h2-11H,12H2,1H3. The van der Waals surface area contributed by atoms with Crippen LogP contribution in [0, 0.1) is 6.92 Å². The van der Waals surface area contributed by atoms with E-state index in [2.05, 4.69) is 10.2 Å². The minimum Gasteiger partial charge on any atom is -0.166 e. The lowest BCUT2D eigenvalue weighted by Crippen LogP contribution is -2.04. The molecule has 0 aliphatic heterocycles. The Labute approximate surface area is 148 Å². The first-order chi connectivity index (χ1) is 11.9. The SMILES string of the molecule is Cc1ccccc1-c1ccc(SCc2ccc(C(F)(F)F)cc2)nn1. The highest BCUT2D eigenvalue weighted by atomic mass is 32.2. The molecule has 3 rings (SSSR count). The molecule has 0 atom stereocenters. The second-order valence-electron chi connectivity index (χ2n) is 5.56. The normalized spacial score (nSPS) is 11.5. The predicted molar refractivity (Wildman–Crippen MR) is 93.2 cm³/mol. The average molecular weight is 360 g/mol. The van der Waals surface area contributed by atoms with E-state index in [0.717, 1.165) is 39.5 Å². The van der Waals surface area contributed by atoms with Gasteiger partial charge in [-0.1, -0.05) is 48.2 Å². The van der Waals surface area contributed by atoms with E-state index >= 15 is 0 Å². The molecule has 1 aromatic heterocycles. The zero-order valence-corrected chi connectivity index (χ0v) is 14.2. The molecule has 0 bridgehead atoms. The monoisotopic (exact) mass is 360 g/mol. The second kappa shape index (κ2) is 7.27. The van der Waals surface area contributed by atoms with Crippen molar-refractivity contribution in [2.24, 2.45) is 0 Å². The fourth-order valence-electron chi connectivity index (χ4n) is 2.35. The molecule has 2 aromatic carbocycles. The van der Waals surface area contributed by atoms with Crippen LogP contribution in [-0.4, -0.2) is 10.2 Å². The zero-order chi connectivity index (χ0) is 17.9. The van der Waals surface area contributed by atoms with Crippen LogP contribution in [0.5, 0.6) is 0 Å². The molecule has 128 valence electrons. The Morgan fingerprint density at radius 3 is 2.20 bits per heavy atom. The third kappa shape index (κ3) is 4.39. The van der Waals surface area contributed by atoms with Crippen LogP contribution in [-0.2, 0) is 11.9 Å². The fourth-order valence-corrected chi connectivity index (χ4v) is 3.12. The molecule has 2 nitrogen and oxygen atoms in total. The van der Waals surface area contributed by atoms with Gasteiger partial charge in [0.15, 0.2) is 0 Å². The molecule has 6 heteroatoms. The Bertz CT molecular complexity index is 844. The first-order valence-corrected chi connectivity index (χ1v) is 8.61. The van der Waals surface area contributed by atoms with Crippen molar-refractivity contribution in [2.45, 2.75) is 23.9 Å². The molecule has 3 aromatic rings. The summed E-state index contributed by atoms with van der Waals surface area (Å²) in [6.07, 6.45) is -4.30. The molecule has 25 heavy (non-hydrogen) atoms. The maximum Gasteiger partial charge on any atom is 0.416 e. The summed E-state index contributed by atoms with van der Waals surface area (Å²) in [6, 6.07) is 16.9. The van der Waals surface area contributed by atoms with E-state index in [1.165, 1.54) is 23.9 Å². The highest BCUT2D eigenvalue weighted by molar-refractivity contribution is 7.98. The van der Waals surface area contributed by atoms with Gasteiger partial charge in [-0.15, -0.1) is 10.2 Å². The van der Waals surface area contributed by atoms with Gasteiger partial charge in [0.1, 0.15) is 5.03 Å². The predicted octanol–water partition coefficient (Wildman–Crippen LogP) is 5.76. The Morgan fingerprint density at radius 1 is 0.880 bits per heavy atom. The number of thioether (sulfide) groups is 1. The van der Waals surface area contributed by atoms with E-state index in [0.29, 0.717) is 5.75 Å². The molecular formula is C19H15F3N2S. The van der Waals surface area contributed by atoms with Gasteiger partial charge >= 0.3 is 6.18 Å². The fraction of sp³-hybridized carbons (Fsp3) is 0.158. The van der Waals surface area contributed by atoms with Crippen molar-refractivity contribution < 1.29 is 13.2 Å². The summed E-state index contributed by atoms with van der Waals surface area (Å²) in [7, 11) is 0. The zero-order valence-electron chi connectivity index (χ0n) is 13.4. The van der Waals surface area contributed by atoms with Gasteiger partial charge in [-0.05, 0) is 42.3 Å². The van der Waals surface area contributed by atoms with Crippen LogP contribution in [0.3, 0.4) is 0 Å². The maximum atomic E-state index is 12.6. The molecular weight excluding hydrogens is 345 g/mol. The van der Waals surface area contributed by atoms with E-state index in [9.17, 15) is 13.2 Å². The average Bonchev–Trinajstić information content (AvgIpc) is 2.61. The number of alkyl halides is 3. The Kier molecular flexibility index (Phi) is 5.08. The number of aryl methyl sites for hydroxylation is 1. The van der Waals surface area contributed by atoms with Crippen molar-refractivity contribution in [1.29, 1.82) is 0 Å². The van der Waals surface area contributed by atoms with E-state index in [-0.39, 0.29) is 0 Å². The largest absolute Gasteiger partial charge is 0.416 e. The molecule has 0 radical (unpaired) electrons. The van der Waals surface area contributed by atoms with E-state index < -0.39 is 11.7 Å². The van der Waals surface area contributed by atoms with Gasteiger partial charge in [-0.25, -0.2) is 0 Å². The van der Waals surface area contributed by atoms with Crippen LogP contribution in [0.1, 0.15) is 16.7 Å². The molecule has 0 N–H and O–H groups in total. The van der Waals surface area contributed by atoms with Crippen LogP contribution >= 0.6 is 11.8 Å². The molecule has 0 aliphatic rings. The van der Waals surface area contributed by atoms with Crippen molar-refractivity contribution in [3.05, 3.63) is 77.4 Å². The second-order valence-corrected chi connectivity index (χ2v) is 6.55. The maximum absolute atomic E-state index is 12.6. The topological polar surface area (TPSA) is 25.8 Å². The summed E-state index contributed by atoms with van der Waals surface area (Å²) in [5.74, 6) is 0.538. The van der Waals surface area contributed by atoms with Crippen LogP contribution < -0.4 is 0 Å². The minimum atomic E-state index is -4.30. The summed E-state index contributed by atoms with van der Waals surface area (Å²) in [5, 5.41) is 9.18. The summed E-state index contributed by atoms with van der Waals surface area (Å²) in [4.78, 5) is 0. The summed E-state index contributed by atoms with van der Waals surface area (Å²) in [5.41, 5.74) is 3.14. The third-order valence-electron chi connectivity index (χ3n) is 3.73. The number of hydrogen-bond donors (Lipinski definition) is 0. The van der Waals surface area contributed by atoms with Crippen LogP contribution in [0.4, 0.5) is 13.2 Å². The van der Waals surface area contributed by atoms with E-state index in [1.807, 2.05) is 43.3 Å². The lowest BCUT2D eigenvalue weighted by Gasteiger charge is -2.07. The Balaban J connectivity index is 1.65. The molecule has 0 unspecified atom stereocenters. The molecule has 0 fully saturated rings. The van der Waals surface area contributed by atoms with Crippen molar-refractivity contribution in [2.75, 3.05) is 0 Å². The smallest absolute Gasteiger partial charge is 0.166 e. The number of nitrogens with zero attached hydrogens (tertiary/aromatic N) is 2. The molecule has 0 amide bonds. The molecule has 0 aliphatic carbocycles. The summed E-state index contributed by atoms with van der Waals surface area (Å²) < 4.78 is 37.7. The van der Waals surface area contributed by atoms with Crippen LogP contribution in [0.15, 0.2) is 65.7 Å². The molecule has 0 saturated carbocycles. The first kappa shape index (κ1) is 17.5. The van der Waals surface area contributed by atoms with Gasteiger partial charge in [-0.2, -0.15) is 13.2 Å². The van der Waals surface area contributed by atoms with Crippen molar-refractivity contribution in [3.63, 3.8) is 0 Å². The van der Waals surface area contributed by atoms with Crippen LogP contribution in [0.25, 0.3) is 11.3 Å². The van der Waals surface area contributed by atoms with Crippen molar-refractivity contribution >= 4 is 11.8 Å². The molecule has 0 saturated heterocycles. The number of benzene rings is 2. The Hall–Kier alpha value is -2.34. The van der Waals surface area contributed by atoms with Gasteiger partial charge in [0.25, 0.3) is 0 Å². The van der Waals surface area contributed by atoms with Crippen LogP contribution in [0.2, 0.25) is 0 Å². The van der Waals surface area contributed by atoms with Crippen molar-refractivity contribution in [3.8, 4) is 11.3 Å². The minimum absolute atomic E-state index is 0.538. The van der Waals surface area contributed by atoms with Gasteiger partial charge < -0.3 is 0 Å². The third-order valence-corrected chi connectivity index (χ3v) is 4.72.